The third kappa shape index (κ3) is 3.61. The second-order valence-corrected chi connectivity index (χ2v) is 4.32. The molecule has 100 valence electrons. The number of amides is 1. The van der Waals surface area contributed by atoms with Crippen LogP contribution in [0.2, 0.25) is 0 Å². The van der Waals surface area contributed by atoms with Crippen molar-refractivity contribution in [2.45, 2.75) is 6.42 Å². The number of benzene rings is 1. The Kier molecular flexibility index (Phi) is 5.94. The van der Waals surface area contributed by atoms with Crippen molar-refractivity contribution in [2.75, 3.05) is 27.4 Å². The first-order valence-corrected chi connectivity index (χ1v) is 6.24. The van der Waals surface area contributed by atoms with Crippen molar-refractivity contribution in [3.05, 3.63) is 22.2 Å². The molecular weight excluding hydrogens is 302 g/mol. The smallest absolute Gasteiger partial charge is 0.251 e. The van der Waals surface area contributed by atoms with E-state index < -0.39 is 0 Å². The van der Waals surface area contributed by atoms with Gasteiger partial charge in [0.2, 0.25) is 0 Å². The van der Waals surface area contributed by atoms with Gasteiger partial charge in [0, 0.05) is 18.7 Å². The Bertz CT molecular complexity index is 398. The lowest BCUT2D eigenvalue weighted by Gasteiger charge is -2.11. The molecule has 0 heterocycles. The van der Waals surface area contributed by atoms with Crippen molar-refractivity contribution in [1.29, 1.82) is 0 Å². The van der Waals surface area contributed by atoms with Gasteiger partial charge in [0.1, 0.15) is 16.0 Å². The van der Waals surface area contributed by atoms with Crippen LogP contribution in [0.4, 0.5) is 0 Å². The van der Waals surface area contributed by atoms with Gasteiger partial charge in [-0.15, -0.1) is 0 Å². The van der Waals surface area contributed by atoms with E-state index in [1.54, 1.807) is 12.1 Å². The fourth-order valence-electron chi connectivity index (χ4n) is 1.38. The maximum Gasteiger partial charge on any atom is 0.251 e. The highest BCUT2D eigenvalue weighted by molar-refractivity contribution is 9.10. The summed E-state index contributed by atoms with van der Waals surface area (Å²) in [6.07, 6.45) is 0.524. The highest BCUT2D eigenvalue weighted by Crippen LogP contribution is 2.35. The summed E-state index contributed by atoms with van der Waals surface area (Å²) >= 11 is 3.33. The zero-order valence-electron chi connectivity index (χ0n) is 10.3. The average Bonchev–Trinajstić information content (AvgIpc) is 2.39. The largest absolute Gasteiger partial charge is 0.495 e. The number of halogens is 1. The number of hydrogen-bond donors (Lipinski definition) is 2. The molecule has 1 aromatic carbocycles. The van der Waals surface area contributed by atoms with Crippen molar-refractivity contribution in [3.8, 4) is 11.5 Å². The number of hydrogen-bond acceptors (Lipinski definition) is 4. The standard InChI is InChI=1S/C12H16BrNO4/c1-17-9-6-8(7-10(18-2)11(9)13)12(16)14-4-3-5-15/h6-7,15H,3-5H2,1-2H3,(H,14,16). The van der Waals surface area contributed by atoms with E-state index in [-0.39, 0.29) is 12.5 Å². The van der Waals surface area contributed by atoms with Crippen LogP contribution in [0.15, 0.2) is 16.6 Å². The molecule has 18 heavy (non-hydrogen) atoms. The van der Waals surface area contributed by atoms with Crippen molar-refractivity contribution >= 4 is 21.8 Å². The molecule has 0 aliphatic carbocycles. The Morgan fingerprint density at radius 3 is 2.33 bits per heavy atom. The minimum absolute atomic E-state index is 0.0489. The van der Waals surface area contributed by atoms with Crippen molar-refractivity contribution < 1.29 is 19.4 Å². The molecule has 0 fully saturated rings. The second-order valence-electron chi connectivity index (χ2n) is 3.53. The summed E-state index contributed by atoms with van der Waals surface area (Å²) in [6.45, 7) is 0.475. The van der Waals surface area contributed by atoms with Gasteiger partial charge < -0.3 is 19.9 Å². The fourth-order valence-corrected chi connectivity index (χ4v) is 1.94. The zero-order valence-corrected chi connectivity index (χ0v) is 11.9. The van der Waals surface area contributed by atoms with E-state index in [0.29, 0.717) is 34.5 Å². The number of rotatable bonds is 6. The third-order valence-corrected chi connectivity index (χ3v) is 3.11. The van der Waals surface area contributed by atoms with Gasteiger partial charge in [0.15, 0.2) is 0 Å². The van der Waals surface area contributed by atoms with Crippen LogP contribution < -0.4 is 14.8 Å². The van der Waals surface area contributed by atoms with Crippen LogP contribution >= 0.6 is 15.9 Å². The zero-order chi connectivity index (χ0) is 13.5. The third-order valence-electron chi connectivity index (χ3n) is 2.33. The van der Waals surface area contributed by atoms with Gasteiger partial charge in [-0.3, -0.25) is 4.79 Å². The topological polar surface area (TPSA) is 67.8 Å². The molecule has 0 aliphatic heterocycles. The molecule has 0 unspecified atom stereocenters. The second kappa shape index (κ2) is 7.23. The number of nitrogens with one attached hydrogen (secondary N) is 1. The monoisotopic (exact) mass is 317 g/mol. The lowest BCUT2D eigenvalue weighted by atomic mass is 10.2. The maximum atomic E-state index is 11.8. The molecule has 1 rings (SSSR count). The quantitative estimate of drug-likeness (QED) is 0.782. The van der Waals surface area contributed by atoms with Gasteiger partial charge in [0.25, 0.3) is 5.91 Å². The van der Waals surface area contributed by atoms with Gasteiger partial charge in [-0.2, -0.15) is 0 Å². The maximum absolute atomic E-state index is 11.8. The van der Waals surface area contributed by atoms with Crippen molar-refractivity contribution in [3.63, 3.8) is 0 Å². The van der Waals surface area contributed by atoms with Crippen molar-refractivity contribution in [2.24, 2.45) is 0 Å². The molecule has 0 radical (unpaired) electrons. The van der Waals surface area contributed by atoms with Crippen LogP contribution in [-0.2, 0) is 0 Å². The van der Waals surface area contributed by atoms with Crippen LogP contribution in [0.3, 0.4) is 0 Å². The van der Waals surface area contributed by atoms with Gasteiger partial charge in [-0.05, 0) is 34.5 Å². The predicted molar refractivity (Wildman–Crippen MR) is 71.3 cm³/mol. The number of aliphatic hydroxyl groups excluding tert-OH is 1. The number of ether oxygens (including phenoxy) is 2. The van der Waals surface area contributed by atoms with Crippen LogP contribution in [0.5, 0.6) is 11.5 Å². The molecule has 5 nitrogen and oxygen atoms in total. The summed E-state index contributed by atoms with van der Waals surface area (Å²) in [7, 11) is 3.04. The van der Waals surface area contributed by atoms with E-state index in [1.807, 2.05) is 0 Å². The molecule has 0 aromatic heterocycles. The van der Waals surface area contributed by atoms with Gasteiger partial charge in [0.05, 0.1) is 14.2 Å². The summed E-state index contributed by atoms with van der Waals surface area (Å²) in [4.78, 5) is 11.8. The molecule has 0 bridgehead atoms. The Hall–Kier alpha value is -1.27. The molecule has 0 atom stereocenters. The number of aliphatic hydroxyl groups is 1. The lowest BCUT2D eigenvalue weighted by Crippen LogP contribution is -2.25. The fraction of sp³-hybridized carbons (Fsp3) is 0.417. The molecule has 0 spiro atoms. The predicted octanol–water partition coefficient (Wildman–Crippen LogP) is 1.58. The molecule has 6 heteroatoms. The molecule has 2 N–H and O–H groups in total. The van der Waals surface area contributed by atoms with Crippen LogP contribution in [0, 0.1) is 0 Å². The van der Waals surface area contributed by atoms with E-state index >= 15 is 0 Å². The van der Waals surface area contributed by atoms with Crippen LogP contribution in [-0.4, -0.2) is 38.4 Å². The van der Waals surface area contributed by atoms with E-state index in [4.69, 9.17) is 14.6 Å². The first-order valence-electron chi connectivity index (χ1n) is 5.44. The summed E-state index contributed by atoms with van der Waals surface area (Å²) in [5.74, 6) is 0.830. The summed E-state index contributed by atoms with van der Waals surface area (Å²) < 4.78 is 11.0. The molecule has 0 saturated carbocycles. The highest BCUT2D eigenvalue weighted by atomic mass is 79.9. The molecule has 0 saturated heterocycles. The minimum atomic E-state index is -0.229. The first-order chi connectivity index (χ1) is 8.63. The highest BCUT2D eigenvalue weighted by Gasteiger charge is 2.14. The number of methoxy groups -OCH3 is 2. The van der Waals surface area contributed by atoms with Crippen molar-refractivity contribution in [1.82, 2.24) is 5.32 Å². The van der Waals surface area contributed by atoms with Gasteiger partial charge in [-0.1, -0.05) is 0 Å². The van der Waals surface area contributed by atoms with E-state index in [0.717, 1.165) is 0 Å². The number of carbonyl (C=O) groups is 1. The normalized spacial score (nSPS) is 10.0. The lowest BCUT2D eigenvalue weighted by molar-refractivity contribution is 0.0950. The SMILES string of the molecule is COc1cc(C(=O)NCCCO)cc(OC)c1Br. The minimum Gasteiger partial charge on any atom is -0.495 e. The Balaban J connectivity index is 2.91. The van der Waals surface area contributed by atoms with E-state index in [2.05, 4.69) is 21.2 Å². The Morgan fingerprint density at radius 2 is 1.89 bits per heavy atom. The molecule has 1 aromatic rings. The Morgan fingerprint density at radius 1 is 1.33 bits per heavy atom. The molecular formula is C12H16BrNO4. The molecule has 0 aliphatic rings. The van der Waals surface area contributed by atoms with Gasteiger partial charge >= 0.3 is 0 Å². The van der Waals surface area contributed by atoms with E-state index in [1.165, 1.54) is 14.2 Å². The number of carbonyl (C=O) groups excluding carboxylic acids is 1. The van der Waals surface area contributed by atoms with Crippen LogP contribution in [0.1, 0.15) is 16.8 Å². The Labute approximate surface area is 114 Å². The summed E-state index contributed by atoms with van der Waals surface area (Å²) in [6, 6.07) is 3.25. The summed E-state index contributed by atoms with van der Waals surface area (Å²) in [5.41, 5.74) is 0.449. The first kappa shape index (κ1) is 14.8. The van der Waals surface area contributed by atoms with E-state index in [9.17, 15) is 4.79 Å². The van der Waals surface area contributed by atoms with Crippen LogP contribution in [0.25, 0.3) is 0 Å². The average molecular weight is 318 g/mol. The van der Waals surface area contributed by atoms with Gasteiger partial charge in [-0.25, -0.2) is 0 Å². The molecule has 1 amide bonds. The summed E-state index contributed by atoms with van der Waals surface area (Å²) in [5, 5.41) is 11.3.